The van der Waals surface area contributed by atoms with Gasteiger partial charge in [0.05, 0.1) is 0 Å². The summed E-state index contributed by atoms with van der Waals surface area (Å²) in [7, 11) is 0. The molecule has 0 radical (unpaired) electrons. The summed E-state index contributed by atoms with van der Waals surface area (Å²) in [5.74, 6) is 0.254. The summed E-state index contributed by atoms with van der Waals surface area (Å²) in [5.41, 5.74) is 0.598. The third-order valence-electron chi connectivity index (χ3n) is 2.71. The molecule has 1 saturated heterocycles. The number of likely N-dealkylation sites (tertiary alicyclic amines) is 1. The molecule has 4 nitrogen and oxygen atoms in total. The molecule has 0 bridgehead atoms. The zero-order valence-corrected chi connectivity index (χ0v) is 9.83. The number of hydrogen-bond donors (Lipinski definition) is 2. The van der Waals surface area contributed by atoms with E-state index in [1.165, 1.54) is 0 Å². The minimum atomic E-state index is 0.0108. The Hall–Kier alpha value is -0.810. The number of nitrogens with one attached hydrogen (secondary N) is 1. The van der Waals surface area contributed by atoms with Crippen LogP contribution in [0.3, 0.4) is 0 Å². The number of aliphatic hydroxyl groups is 1. The molecule has 1 aliphatic rings. The molecule has 2 heterocycles. The van der Waals surface area contributed by atoms with E-state index in [1.807, 2.05) is 0 Å². The van der Waals surface area contributed by atoms with Crippen molar-refractivity contribution in [3.05, 3.63) is 22.4 Å². The highest BCUT2D eigenvalue weighted by Crippen LogP contribution is 2.19. The van der Waals surface area contributed by atoms with Crippen molar-refractivity contribution in [3.8, 4) is 0 Å². The predicted molar refractivity (Wildman–Crippen MR) is 59.6 cm³/mol. The lowest BCUT2D eigenvalue weighted by atomic mass is 10.1. The van der Waals surface area contributed by atoms with Crippen LogP contribution in [-0.2, 0) is 0 Å². The second kappa shape index (κ2) is 4.37. The van der Waals surface area contributed by atoms with E-state index in [9.17, 15) is 4.79 Å². The highest BCUT2D eigenvalue weighted by Gasteiger charge is 2.26. The van der Waals surface area contributed by atoms with Crippen molar-refractivity contribution in [3.63, 3.8) is 0 Å². The van der Waals surface area contributed by atoms with Gasteiger partial charge in [-0.3, -0.25) is 4.79 Å². The Bertz CT molecular complexity index is 364. The van der Waals surface area contributed by atoms with Gasteiger partial charge in [-0.2, -0.15) is 0 Å². The molecular formula is C10H13BrN2O2. The smallest absolute Gasteiger partial charge is 0.270 e. The molecule has 5 heteroatoms. The average molecular weight is 273 g/mol. The lowest BCUT2D eigenvalue weighted by molar-refractivity contribution is 0.0777. The Labute approximate surface area is 96.4 Å². The quantitative estimate of drug-likeness (QED) is 0.851. The number of rotatable bonds is 2. The number of carbonyl (C=O) groups excluding carboxylic acids is 1. The van der Waals surface area contributed by atoms with Gasteiger partial charge in [-0.15, -0.1) is 0 Å². The maximum absolute atomic E-state index is 11.9. The van der Waals surface area contributed by atoms with Gasteiger partial charge in [0.1, 0.15) is 5.69 Å². The van der Waals surface area contributed by atoms with E-state index in [-0.39, 0.29) is 18.4 Å². The van der Waals surface area contributed by atoms with Gasteiger partial charge in [-0.05, 0) is 28.4 Å². The Kier molecular flexibility index (Phi) is 3.11. The van der Waals surface area contributed by atoms with Gasteiger partial charge in [-0.1, -0.05) is 0 Å². The molecule has 1 aliphatic heterocycles. The molecular weight excluding hydrogens is 260 g/mol. The Morgan fingerprint density at radius 3 is 3.07 bits per heavy atom. The number of carbonyl (C=O) groups is 1. The minimum absolute atomic E-state index is 0.0108. The van der Waals surface area contributed by atoms with Crippen molar-refractivity contribution in [1.29, 1.82) is 0 Å². The normalized spacial score (nSPS) is 20.9. The first kappa shape index (κ1) is 10.7. The van der Waals surface area contributed by atoms with Gasteiger partial charge in [0.15, 0.2) is 0 Å². The van der Waals surface area contributed by atoms with E-state index in [1.54, 1.807) is 17.2 Å². The van der Waals surface area contributed by atoms with Crippen LogP contribution in [-0.4, -0.2) is 40.6 Å². The van der Waals surface area contributed by atoms with E-state index < -0.39 is 0 Å². The van der Waals surface area contributed by atoms with Crippen LogP contribution in [0.25, 0.3) is 0 Å². The van der Waals surface area contributed by atoms with Gasteiger partial charge in [0, 0.05) is 36.3 Å². The average Bonchev–Trinajstić information content (AvgIpc) is 2.84. The first-order valence-corrected chi connectivity index (χ1v) is 5.74. The third-order valence-corrected chi connectivity index (χ3v) is 3.17. The molecule has 15 heavy (non-hydrogen) atoms. The van der Waals surface area contributed by atoms with Crippen molar-refractivity contribution in [2.75, 3.05) is 19.7 Å². The van der Waals surface area contributed by atoms with E-state index in [0.29, 0.717) is 12.2 Å². The van der Waals surface area contributed by atoms with Crippen LogP contribution in [0.1, 0.15) is 16.9 Å². The van der Waals surface area contributed by atoms with E-state index in [0.717, 1.165) is 17.4 Å². The Balaban J connectivity index is 2.03. The lowest BCUT2D eigenvalue weighted by Crippen LogP contribution is -2.29. The second-order valence-electron chi connectivity index (χ2n) is 3.82. The molecule has 2 rings (SSSR count). The Morgan fingerprint density at radius 2 is 2.53 bits per heavy atom. The summed E-state index contributed by atoms with van der Waals surface area (Å²) in [6.45, 7) is 1.56. The third kappa shape index (κ3) is 2.23. The summed E-state index contributed by atoms with van der Waals surface area (Å²) < 4.78 is 0.878. The SMILES string of the molecule is O=C(c1cc(Br)c[nH]1)N1CCC(CO)C1. The van der Waals surface area contributed by atoms with Crippen LogP contribution in [0.15, 0.2) is 16.7 Å². The highest BCUT2D eigenvalue weighted by molar-refractivity contribution is 9.10. The van der Waals surface area contributed by atoms with E-state index in [4.69, 9.17) is 5.11 Å². The van der Waals surface area contributed by atoms with Crippen molar-refractivity contribution < 1.29 is 9.90 Å². The number of nitrogens with zero attached hydrogens (tertiary/aromatic N) is 1. The molecule has 1 amide bonds. The number of H-pyrrole nitrogens is 1. The first-order chi connectivity index (χ1) is 7.20. The summed E-state index contributed by atoms with van der Waals surface area (Å²) in [4.78, 5) is 16.6. The molecule has 0 spiro atoms. The van der Waals surface area contributed by atoms with Gasteiger partial charge in [0.2, 0.25) is 0 Å². The van der Waals surface area contributed by atoms with Crippen molar-refractivity contribution >= 4 is 21.8 Å². The Morgan fingerprint density at radius 1 is 1.73 bits per heavy atom. The fourth-order valence-electron chi connectivity index (χ4n) is 1.83. The van der Waals surface area contributed by atoms with Gasteiger partial charge in [0.25, 0.3) is 5.91 Å². The summed E-state index contributed by atoms with van der Waals surface area (Å²) in [6.07, 6.45) is 2.64. The number of aromatic nitrogens is 1. The molecule has 0 saturated carbocycles. The van der Waals surface area contributed by atoms with Gasteiger partial charge < -0.3 is 15.0 Å². The van der Waals surface area contributed by atoms with Crippen LogP contribution in [0.2, 0.25) is 0 Å². The van der Waals surface area contributed by atoms with Crippen molar-refractivity contribution in [2.24, 2.45) is 5.92 Å². The maximum Gasteiger partial charge on any atom is 0.270 e. The molecule has 1 aromatic rings. The lowest BCUT2D eigenvalue weighted by Gasteiger charge is -2.14. The zero-order valence-electron chi connectivity index (χ0n) is 8.24. The van der Waals surface area contributed by atoms with Crippen LogP contribution in [0, 0.1) is 5.92 Å². The number of hydrogen-bond acceptors (Lipinski definition) is 2. The number of aliphatic hydroxyl groups excluding tert-OH is 1. The molecule has 1 unspecified atom stereocenters. The van der Waals surface area contributed by atoms with Crippen molar-refractivity contribution in [1.82, 2.24) is 9.88 Å². The summed E-state index contributed by atoms with van der Waals surface area (Å²) >= 11 is 3.29. The predicted octanol–water partition coefficient (Wildman–Crippen LogP) is 1.23. The molecule has 82 valence electrons. The van der Waals surface area contributed by atoms with E-state index in [2.05, 4.69) is 20.9 Å². The zero-order chi connectivity index (χ0) is 10.8. The van der Waals surface area contributed by atoms with Crippen LogP contribution in [0.5, 0.6) is 0 Å². The standard InChI is InChI=1S/C10H13BrN2O2/c11-8-3-9(12-4-8)10(15)13-2-1-7(5-13)6-14/h3-4,7,12,14H,1-2,5-6H2. The minimum Gasteiger partial charge on any atom is -0.396 e. The molecule has 0 aromatic carbocycles. The molecule has 2 N–H and O–H groups in total. The largest absolute Gasteiger partial charge is 0.396 e. The van der Waals surface area contributed by atoms with Gasteiger partial charge in [-0.25, -0.2) is 0 Å². The first-order valence-electron chi connectivity index (χ1n) is 4.94. The van der Waals surface area contributed by atoms with Crippen LogP contribution >= 0.6 is 15.9 Å². The van der Waals surface area contributed by atoms with Crippen molar-refractivity contribution in [2.45, 2.75) is 6.42 Å². The summed E-state index contributed by atoms with van der Waals surface area (Å²) in [6, 6.07) is 1.77. The highest BCUT2D eigenvalue weighted by atomic mass is 79.9. The molecule has 1 aromatic heterocycles. The van der Waals surface area contributed by atoms with E-state index >= 15 is 0 Å². The molecule has 0 aliphatic carbocycles. The monoisotopic (exact) mass is 272 g/mol. The number of aromatic amines is 1. The number of amides is 1. The topological polar surface area (TPSA) is 56.3 Å². The summed E-state index contributed by atoms with van der Waals surface area (Å²) in [5, 5.41) is 8.99. The fourth-order valence-corrected chi connectivity index (χ4v) is 2.17. The maximum atomic E-state index is 11.9. The molecule has 1 fully saturated rings. The fraction of sp³-hybridized carbons (Fsp3) is 0.500. The number of halogens is 1. The van der Waals surface area contributed by atoms with Crippen LogP contribution < -0.4 is 0 Å². The van der Waals surface area contributed by atoms with Crippen LogP contribution in [0.4, 0.5) is 0 Å². The van der Waals surface area contributed by atoms with Gasteiger partial charge >= 0.3 is 0 Å². The second-order valence-corrected chi connectivity index (χ2v) is 4.74. The molecule has 1 atom stereocenters.